The van der Waals surface area contributed by atoms with Gasteiger partial charge in [0.05, 0.1) is 6.26 Å². The van der Waals surface area contributed by atoms with Gasteiger partial charge in [0.25, 0.3) is 0 Å². The Kier molecular flexibility index (Phi) is 6.90. The third kappa shape index (κ3) is 4.89. The summed E-state index contributed by atoms with van der Waals surface area (Å²) in [6, 6.07) is 11.9. The van der Waals surface area contributed by atoms with Crippen LogP contribution in [0.5, 0.6) is 5.75 Å². The molecule has 1 aromatic carbocycles. The molecule has 1 aliphatic heterocycles. The molecule has 1 aliphatic rings. The summed E-state index contributed by atoms with van der Waals surface area (Å²) in [4.78, 5) is 29.2. The number of rotatable bonds is 9. The zero-order valence-electron chi connectivity index (χ0n) is 23.0. The average Bonchev–Trinajstić information content (AvgIpc) is 3.68. The van der Waals surface area contributed by atoms with Gasteiger partial charge in [-0.05, 0) is 50.5 Å². The van der Waals surface area contributed by atoms with Gasteiger partial charge in [-0.2, -0.15) is 9.50 Å². The van der Waals surface area contributed by atoms with Gasteiger partial charge < -0.3 is 24.7 Å². The number of aromatic nitrogens is 6. The fraction of sp³-hybridized carbons (Fsp3) is 0.407. The van der Waals surface area contributed by atoms with E-state index in [0.29, 0.717) is 41.5 Å². The SMILES string of the molecule is CN(C)CCOc1ccc(N2CCN(CCn3c(=O)n(C)c4c3nc(N)n3nc(-c5ccco5)nc43)CC2)cc1. The molecule has 0 unspecified atom stereocenters. The number of imidazole rings is 1. The molecule has 0 spiro atoms. The van der Waals surface area contributed by atoms with Crippen molar-refractivity contribution >= 4 is 28.4 Å². The van der Waals surface area contributed by atoms with Crippen LogP contribution in [0.2, 0.25) is 0 Å². The highest BCUT2D eigenvalue weighted by atomic mass is 16.5. The highest BCUT2D eigenvalue weighted by molar-refractivity contribution is 5.88. The van der Waals surface area contributed by atoms with Crippen LogP contribution in [0.15, 0.2) is 51.9 Å². The summed E-state index contributed by atoms with van der Waals surface area (Å²) in [5.41, 5.74) is 8.82. The highest BCUT2D eigenvalue weighted by Crippen LogP contribution is 2.24. The zero-order chi connectivity index (χ0) is 27.8. The third-order valence-corrected chi connectivity index (χ3v) is 7.34. The molecule has 40 heavy (non-hydrogen) atoms. The molecular weight excluding hydrogens is 512 g/mol. The van der Waals surface area contributed by atoms with Gasteiger partial charge >= 0.3 is 5.69 Å². The zero-order valence-corrected chi connectivity index (χ0v) is 23.0. The lowest BCUT2D eigenvalue weighted by Crippen LogP contribution is -2.47. The standard InChI is InChI=1S/C27H34N10O3/c1-32(2)16-18-39-20-8-6-19(7-9-20)35-13-10-34(11-14-35)12-15-36-24-22(33(3)27(36)38)25-29-23(21-5-4-17-40-21)31-37(25)26(28)30-24/h4-9,17H,10-16,18H2,1-3H3,(H2,28,30). The number of likely N-dealkylation sites (N-methyl/N-ethyl adjacent to an activating group) is 1. The van der Waals surface area contributed by atoms with Gasteiger partial charge in [-0.3, -0.25) is 14.0 Å². The number of ether oxygens (including phenoxy) is 1. The van der Waals surface area contributed by atoms with Gasteiger partial charge in [-0.1, -0.05) is 0 Å². The number of nitrogens with zero attached hydrogens (tertiary/aromatic N) is 9. The molecular formula is C27H34N10O3. The highest BCUT2D eigenvalue weighted by Gasteiger charge is 2.23. The Hall–Kier alpha value is -4.36. The number of fused-ring (bicyclic) bond motifs is 3. The Morgan fingerprint density at radius 2 is 1.80 bits per heavy atom. The summed E-state index contributed by atoms with van der Waals surface area (Å²) in [5.74, 6) is 1.95. The molecule has 5 aromatic rings. The average molecular weight is 547 g/mol. The van der Waals surface area contributed by atoms with Crippen LogP contribution in [-0.4, -0.2) is 98.5 Å². The first-order valence-corrected chi connectivity index (χ1v) is 13.4. The first-order chi connectivity index (χ1) is 19.4. The van der Waals surface area contributed by atoms with Gasteiger partial charge in [0.15, 0.2) is 17.1 Å². The predicted octanol–water partition coefficient (Wildman–Crippen LogP) is 1.38. The number of anilines is 2. The van der Waals surface area contributed by atoms with Gasteiger partial charge in [0.1, 0.15) is 17.9 Å². The monoisotopic (exact) mass is 546 g/mol. The topological polar surface area (TPSA) is 128 Å². The van der Waals surface area contributed by atoms with Gasteiger partial charge in [0, 0.05) is 58.5 Å². The van der Waals surface area contributed by atoms with Gasteiger partial charge in [-0.25, -0.2) is 9.78 Å². The molecule has 0 atom stereocenters. The molecule has 0 aliphatic carbocycles. The van der Waals surface area contributed by atoms with Crippen molar-refractivity contribution in [3.05, 3.63) is 53.1 Å². The Balaban J connectivity index is 1.12. The smallest absolute Gasteiger partial charge is 0.330 e. The molecule has 6 rings (SSSR count). The predicted molar refractivity (Wildman–Crippen MR) is 153 cm³/mol. The van der Waals surface area contributed by atoms with Crippen molar-refractivity contribution in [1.29, 1.82) is 0 Å². The second-order valence-corrected chi connectivity index (χ2v) is 10.3. The summed E-state index contributed by atoms with van der Waals surface area (Å²) in [5, 5.41) is 4.44. The van der Waals surface area contributed by atoms with E-state index in [4.69, 9.17) is 14.9 Å². The van der Waals surface area contributed by atoms with E-state index in [1.807, 2.05) is 26.2 Å². The summed E-state index contributed by atoms with van der Waals surface area (Å²) >= 11 is 0. The number of furan rings is 1. The first-order valence-electron chi connectivity index (χ1n) is 13.4. The van der Waals surface area contributed by atoms with Crippen LogP contribution in [-0.2, 0) is 13.6 Å². The minimum atomic E-state index is -0.163. The van der Waals surface area contributed by atoms with Crippen LogP contribution in [0.4, 0.5) is 11.6 Å². The fourth-order valence-corrected chi connectivity index (χ4v) is 5.07. The summed E-state index contributed by atoms with van der Waals surface area (Å²) in [7, 11) is 5.79. The lowest BCUT2D eigenvalue weighted by molar-refractivity contribution is 0.247. The van der Waals surface area contributed by atoms with Crippen LogP contribution in [0.25, 0.3) is 28.4 Å². The van der Waals surface area contributed by atoms with Gasteiger partial charge in [-0.15, -0.1) is 5.10 Å². The summed E-state index contributed by atoms with van der Waals surface area (Å²) < 4.78 is 15.9. The molecule has 210 valence electrons. The molecule has 0 bridgehead atoms. The molecule has 5 heterocycles. The third-order valence-electron chi connectivity index (χ3n) is 7.34. The maximum absolute atomic E-state index is 13.2. The largest absolute Gasteiger partial charge is 0.492 e. The normalized spacial score (nSPS) is 14.7. The lowest BCUT2D eigenvalue weighted by Gasteiger charge is -2.36. The minimum absolute atomic E-state index is 0.162. The van der Waals surface area contributed by atoms with Crippen molar-refractivity contribution in [3.63, 3.8) is 0 Å². The van der Waals surface area contributed by atoms with E-state index in [1.165, 1.54) is 10.2 Å². The van der Waals surface area contributed by atoms with E-state index < -0.39 is 0 Å². The Morgan fingerprint density at radius 1 is 1.02 bits per heavy atom. The number of nitrogens with two attached hydrogens (primary N) is 1. The molecule has 2 N–H and O–H groups in total. The summed E-state index contributed by atoms with van der Waals surface area (Å²) in [6.45, 7) is 6.39. The van der Waals surface area contributed by atoms with E-state index in [-0.39, 0.29) is 11.6 Å². The Labute approximate surface area is 231 Å². The van der Waals surface area contributed by atoms with E-state index in [9.17, 15) is 4.79 Å². The second kappa shape index (κ2) is 10.7. The molecule has 0 radical (unpaired) electrons. The number of benzene rings is 1. The lowest BCUT2D eigenvalue weighted by atomic mass is 10.2. The first kappa shape index (κ1) is 25.9. The van der Waals surface area contributed by atoms with Crippen molar-refractivity contribution in [1.82, 2.24) is 38.5 Å². The molecule has 1 saturated heterocycles. The van der Waals surface area contributed by atoms with Crippen LogP contribution in [0.3, 0.4) is 0 Å². The van der Waals surface area contributed by atoms with Crippen molar-refractivity contribution in [2.75, 3.05) is 70.6 Å². The van der Waals surface area contributed by atoms with E-state index in [0.717, 1.165) is 45.0 Å². The van der Waals surface area contributed by atoms with Crippen molar-refractivity contribution in [3.8, 4) is 17.3 Å². The number of nitrogen functional groups attached to an aromatic ring is 1. The summed E-state index contributed by atoms with van der Waals surface area (Å²) in [6.07, 6.45) is 1.56. The van der Waals surface area contributed by atoms with Crippen LogP contribution < -0.4 is 21.1 Å². The molecule has 1 fully saturated rings. The number of hydrogen-bond donors (Lipinski definition) is 1. The van der Waals surface area contributed by atoms with E-state index >= 15 is 0 Å². The number of hydrogen-bond acceptors (Lipinski definition) is 10. The van der Waals surface area contributed by atoms with E-state index in [1.54, 1.807) is 34.6 Å². The fourth-order valence-electron chi connectivity index (χ4n) is 5.07. The molecule has 0 amide bonds. The maximum atomic E-state index is 13.2. The molecule has 13 nitrogen and oxygen atoms in total. The van der Waals surface area contributed by atoms with Crippen molar-refractivity contribution in [2.24, 2.45) is 7.05 Å². The van der Waals surface area contributed by atoms with Crippen LogP contribution in [0.1, 0.15) is 0 Å². The van der Waals surface area contributed by atoms with Crippen LogP contribution in [0, 0.1) is 0 Å². The van der Waals surface area contributed by atoms with Crippen LogP contribution >= 0.6 is 0 Å². The quantitative estimate of drug-likeness (QED) is 0.290. The van der Waals surface area contributed by atoms with E-state index in [2.05, 4.69) is 41.9 Å². The van der Waals surface area contributed by atoms with Crippen molar-refractivity contribution < 1.29 is 9.15 Å². The molecule has 4 aromatic heterocycles. The molecule has 13 heteroatoms. The number of aryl methyl sites for hydroxylation is 1. The maximum Gasteiger partial charge on any atom is 0.330 e. The molecule has 0 saturated carbocycles. The minimum Gasteiger partial charge on any atom is -0.492 e. The second-order valence-electron chi connectivity index (χ2n) is 10.3. The Bertz CT molecular complexity index is 1660. The van der Waals surface area contributed by atoms with Crippen molar-refractivity contribution in [2.45, 2.75) is 6.54 Å². The Morgan fingerprint density at radius 3 is 2.50 bits per heavy atom. The number of piperazine rings is 1. The van der Waals surface area contributed by atoms with Gasteiger partial charge in [0.2, 0.25) is 11.8 Å².